The van der Waals surface area contributed by atoms with Gasteiger partial charge in [0.15, 0.2) is 0 Å². The molecule has 0 saturated heterocycles. The summed E-state index contributed by atoms with van der Waals surface area (Å²) in [6.07, 6.45) is 1.59. The first-order chi connectivity index (χ1) is 9.56. The second-order valence-corrected chi connectivity index (χ2v) is 7.31. The molecule has 108 valence electrons. The Bertz CT molecular complexity index is 720. The highest BCUT2D eigenvalue weighted by Crippen LogP contribution is 2.35. The normalized spacial score (nSPS) is 12.2. The molecule has 0 atom stereocenters. The first-order valence-electron chi connectivity index (χ1n) is 6.37. The van der Waals surface area contributed by atoms with E-state index < -0.39 is 10.0 Å². The Hall–Kier alpha value is -1.21. The molecule has 1 aromatic heterocycles. The highest BCUT2D eigenvalue weighted by molar-refractivity contribution is 7.89. The lowest BCUT2D eigenvalue weighted by atomic mass is 10.2. The maximum atomic E-state index is 12.8. The van der Waals surface area contributed by atoms with E-state index in [1.54, 1.807) is 6.08 Å². The standard InChI is InChI=1S/C14H18N2O2S2/c1-3-9-16(4-2)20(17,18)14-11-7-5-6-8-12(11)19-13(14)10-15/h3,5-8H,1,4,9-10,15H2,2H3. The van der Waals surface area contributed by atoms with Crippen LogP contribution in [-0.2, 0) is 16.6 Å². The van der Waals surface area contributed by atoms with Gasteiger partial charge in [-0.15, -0.1) is 17.9 Å². The zero-order valence-corrected chi connectivity index (χ0v) is 13.0. The summed E-state index contributed by atoms with van der Waals surface area (Å²) in [6.45, 7) is 6.36. The molecule has 0 unspecified atom stereocenters. The Morgan fingerprint density at radius 2 is 2.10 bits per heavy atom. The van der Waals surface area contributed by atoms with Gasteiger partial charge in [-0.3, -0.25) is 0 Å². The number of rotatable bonds is 6. The van der Waals surface area contributed by atoms with Crippen LogP contribution in [0.2, 0.25) is 0 Å². The highest BCUT2D eigenvalue weighted by atomic mass is 32.2. The van der Waals surface area contributed by atoms with Crippen LogP contribution in [0.1, 0.15) is 11.8 Å². The summed E-state index contributed by atoms with van der Waals surface area (Å²) in [6, 6.07) is 7.50. The van der Waals surface area contributed by atoms with E-state index in [2.05, 4.69) is 6.58 Å². The molecule has 20 heavy (non-hydrogen) atoms. The third-order valence-corrected chi connectivity index (χ3v) is 6.48. The molecule has 0 fully saturated rings. The summed E-state index contributed by atoms with van der Waals surface area (Å²) in [5, 5.41) is 0.750. The number of likely N-dealkylation sites (N-methyl/N-ethyl adjacent to an activating group) is 1. The summed E-state index contributed by atoms with van der Waals surface area (Å²) >= 11 is 1.44. The van der Waals surface area contributed by atoms with E-state index in [-0.39, 0.29) is 6.54 Å². The average molecular weight is 310 g/mol. The van der Waals surface area contributed by atoms with Gasteiger partial charge in [0.2, 0.25) is 10.0 Å². The molecule has 0 amide bonds. The SMILES string of the molecule is C=CCN(CC)S(=O)(=O)c1c(CN)sc2ccccc12. The first kappa shape index (κ1) is 15.2. The van der Waals surface area contributed by atoms with Gasteiger partial charge in [0.1, 0.15) is 4.90 Å². The van der Waals surface area contributed by atoms with Crippen molar-refractivity contribution in [2.24, 2.45) is 5.73 Å². The minimum atomic E-state index is -3.55. The number of nitrogens with two attached hydrogens (primary N) is 1. The third-order valence-electron chi connectivity index (χ3n) is 3.09. The highest BCUT2D eigenvalue weighted by Gasteiger charge is 2.28. The number of thiophene rings is 1. The van der Waals surface area contributed by atoms with Crippen molar-refractivity contribution >= 4 is 31.4 Å². The Morgan fingerprint density at radius 3 is 2.70 bits per heavy atom. The zero-order chi connectivity index (χ0) is 14.8. The van der Waals surface area contributed by atoms with Gasteiger partial charge >= 0.3 is 0 Å². The first-order valence-corrected chi connectivity index (χ1v) is 8.63. The van der Waals surface area contributed by atoms with E-state index in [9.17, 15) is 8.42 Å². The lowest BCUT2D eigenvalue weighted by Crippen LogP contribution is -2.31. The molecular formula is C14H18N2O2S2. The van der Waals surface area contributed by atoms with Crippen molar-refractivity contribution in [1.29, 1.82) is 0 Å². The van der Waals surface area contributed by atoms with Gasteiger partial charge < -0.3 is 5.73 Å². The summed E-state index contributed by atoms with van der Waals surface area (Å²) in [5.41, 5.74) is 5.73. The maximum Gasteiger partial charge on any atom is 0.245 e. The molecule has 0 saturated carbocycles. The number of hydrogen-bond donors (Lipinski definition) is 1. The predicted octanol–water partition coefficient (Wildman–Crippen LogP) is 2.56. The Kier molecular flexibility index (Phi) is 4.59. The van der Waals surface area contributed by atoms with Crippen molar-refractivity contribution in [3.63, 3.8) is 0 Å². The zero-order valence-electron chi connectivity index (χ0n) is 11.4. The van der Waals surface area contributed by atoms with Crippen LogP contribution in [-0.4, -0.2) is 25.8 Å². The van der Waals surface area contributed by atoms with E-state index in [0.717, 1.165) is 10.1 Å². The summed E-state index contributed by atoms with van der Waals surface area (Å²) < 4.78 is 28.0. The molecule has 6 heteroatoms. The number of sulfonamides is 1. The Morgan fingerprint density at radius 1 is 1.40 bits per heavy atom. The summed E-state index contributed by atoms with van der Waals surface area (Å²) in [7, 11) is -3.55. The van der Waals surface area contributed by atoms with E-state index in [0.29, 0.717) is 22.9 Å². The second-order valence-electron chi connectivity index (χ2n) is 4.30. The smallest absolute Gasteiger partial charge is 0.245 e. The van der Waals surface area contributed by atoms with E-state index in [4.69, 9.17) is 5.73 Å². The number of nitrogens with zero attached hydrogens (tertiary/aromatic N) is 1. The minimum absolute atomic E-state index is 0.222. The van der Waals surface area contributed by atoms with E-state index in [1.807, 2.05) is 31.2 Å². The van der Waals surface area contributed by atoms with Gasteiger partial charge in [-0.05, 0) is 6.07 Å². The van der Waals surface area contributed by atoms with Gasteiger partial charge in [0.25, 0.3) is 0 Å². The topological polar surface area (TPSA) is 63.4 Å². The molecule has 0 radical (unpaired) electrons. The summed E-state index contributed by atoms with van der Waals surface area (Å²) in [5.74, 6) is 0. The van der Waals surface area contributed by atoms with Crippen LogP contribution in [0.5, 0.6) is 0 Å². The lowest BCUT2D eigenvalue weighted by Gasteiger charge is -2.19. The molecule has 0 spiro atoms. The molecule has 4 nitrogen and oxygen atoms in total. The van der Waals surface area contributed by atoms with Gasteiger partial charge in [0.05, 0.1) is 0 Å². The lowest BCUT2D eigenvalue weighted by molar-refractivity contribution is 0.460. The van der Waals surface area contributed by atoms with Crippen LogP contribution in [0, 0.1) is 0 Å². The van der Waals surface area contributed by atoms with E-state index in [1.165, 1.54) is 15.6 Å². The van der Waals surface area contributed by atoms with Crippen LogP contribution >= 0.6 is 11.3 Å². The molecule has 0 aliphatic rings. The second kappa shape index (κ2) is 6.05. The largest absolute Gasteiger partial charge is 0.326 e. The van der Waals surface area contributed by atoms with Gasteiger partial charge in [-0.25, -0.2) is 8.42 Å². The fraction of sp³-hybridized carbons (Fsp3) is 0.286. The molecule has 2 N–H and O–H groups in total. The van der Waals surface area contributed by atoms with Crippen molar-refractivity contribution in [2.75, 3.05) is 13.1 Å². The van der Waals surface area contributed by atoms with Gasteiger partial charge in [-0.1, -0.05) is 31.2 Å². The van der Waals surface area contributed by atoms with Gasteiger partial charge in [0, 0.05) is 34.6 Å². The summed E-state index contributed by atoms with van der Waals surface area (Å²) in [4.78, 5) is 1.05. The van der Waals surface area contributed by atoms with Crippen LogP contribution < -0.4 is 5.73 Å². The molecule has 1 heterocycles. The number of fused-ring (bicyclic) bond motifs is 1. The predicted molar refractivity (Wildman–Crippen MR) is 84.3 cm³/mol. The molecule has 0 bridgehead atoms. The van der Waals surface area contributed by atoms with Crippen LogP contribution in [0.15, 0.2) is 41.8 Å². The molecular weight excluding hydrogens is 292 g/mol. The Labute approximate surface area is 123 Å². The molecule has 0 aliphatic carbocycles. The van der Waals surface area contributed by atoms with Crippen molar-refractivity contribution in [1.82, 2.24) is 4.31 Å². The fourth-order valence-corrected chi connectivity index (χ4v) is 5.37. The molecule has 2 rings (SSSR count). The van der Waals surface area contributed by atoms with Crippen molar-refractivity contribution in [2.45, 2.75) is 18.4 Å². The number of benzene rings is 1. The third kappa shape index (κ3) is 2.52. The molecule has 2 aromatic rings. The quantitative estimate of drug-likeness (QED) is 0.834. The van der Waals surface area contributed by atoms with Crippen LogP contribution in [0.4, 0.5) is 0 Å². The minimum Gasteiger partial charge on any atom is -0.326 e. The van der Waals surface area contributed by atoms with Crippen molar-refractivity contribution in [3.05, 3.63) is 41.8 Å². The van der Waals surface area contributed by atoms with Crippen molar-refractivity contribution < 1.29 is 8.42 Å². The van der Waals surface area contributed by atoms with Crippen molar-refractivity contribution in [3.8, 4) is 0 Å². The fourth-order valence-electron chi connectivity index (χ4n) is 2.16. The average Bonchev–Trinajstić information content (AvgIpc) is 2.83. The van der Waals surface area contributed by atoms with Crippen LogP contribution in [0.25, 0.3) is 10.1 Å². The number of hydrogen-bond acceptors (Lipinski definition) is 4. The maximum absolute atomic E-state index is 12.8. The van der Waals surface area contributed by atoms with E-state index >= 15 is 0 Å². The monoisotopic (exact) mass is 310 g/mol. The van der Waals surface area contributed by atoms with Crippen LogP contribution in [0.3, 0.4) is 0 Å². The molecule has 0 aliphatic heterocycles. The van der Waals surface area contributed by atoms with Gasteiger partial charge in [-0.2, -0.15) is 4.31 Å². The molecule has 1 aromatic carbocycles. The Balaban J connectivity index is 2.69.